The predicted octanol–water partition coefficient (Wildman–Crippen LogP) is 5.60. The Kier molecular flexibility index (Phi) is 6.48. The largest absolute Gasteiger partial charge is 0.372 e. The first-order chi connectivity index (χ1) is 11.3. The molecule has 2 heteroatoms. The van der Waals surface area contributed by atoms with Crippen molar-refractivity contribution in [2.45, 2.75) is 72.1 Å². The number of Topliss-reactive ketones (excluding diaryl/α,β-unsaturated/α-hetero) is 1. The number of ketones is 1. The van der Waals surface area contributed by atoms with E-state index in [1.54, 1.807) is 0 Å². The first kappa shape index (κ1) is 19.0. The minimum atomic E-state index is 0.197. The molecule has 0 atom stereocenters. The Hall–Kier alpha value is -1.31. The van der Waals surface area contributed by atoms with E-state index in [0.717, 1.165) is 31.8 Å². The van der Waals surface area contributed by atoms with E-state index in [9.17, 15) is 4.79 Å². The molecule has 1 heterocycles. The molecule has 1 aromatic rings. The monoisotopic (exact) mass is 329 g/mol. The van der Waals surface area contributed by atoms with E-state index >= 15 is 0 Å². The molecule has 0 N–H and O–H groups in total. The molecular formula is C22H35NO. The van der Waals surface area contributed by atoms with Crippen LogP contribution >= 0.6 is 0 Å². The molecule has 0 saturated carbocycles. The number of hydrogen-bond donors (Lipinski definition) is 0. The van der Waals surface area contributed by atoms with Crippen molar-refractivity contribution < 1.29 is 4.79 Å². The van der Waals surface area contributed by atoms with Gasteiger partial charge in [0.05, 0.1) is 0 Å². The quantitative estimate of drug-likeness (QED) is 0.677. The minimum absolute atomic E-state index is 0.197. The molecule has 0 aliphatic carbocycles. The maximum Gasteiger partial charge on any atom is 0.135 e. The average molecular weight is 330 g/mol. The Morgan fingerprint density at radius 1 is 1.12 bits per heavy atom. The third kappa shape index (κ3) is 5.36. The molecule has 1 aliphatic heterocycles. The van der Waals surface area contributed by atoms with Crippen LogP contribution in [0.4, 0.5) is 5.69 Å². The van der Waals surface area contributed by atoms with Gasteiger partial charge in [-0.05, 0) is 54.7 Å². The van der Waals surface area contributed by atoms with Crippen LogP contribution in [-0.4, -0.2) is 18.9 Å². The maximum atomic E-state index is 11.7. The van der Waals surface area contributed by atoms with Crippen LogP contribution in [0, 0.1) is 11.8 Å². The van der Waals surface area contributed by atoms with Crippen LogP contribution < -0.4 is 4.90 Å². The van der Waals surface area contributed by atoms with Gasteiger partial charge in [0.15, 0.2) is 0 Å². The summed E-state index contributed by atoms with van der Waals surface area (Å²) in [5, 5.41) is 0. The number of rotatable bonds is 6. The van der Waals surface area contributed by atoms with Crippen molar-refractivity contribution in [3.8, 4) is 0 Å². The molecule has 1 saturated heterocycles. The van der Waals surface area contributed by atoms with Crippen LogP contribution in [0.25, 0.3) is 0 Å². The van der Waals surface area contributed by atoms with Gasteiger partial charge in [-0.15, -0.1) is 0 Å². The summed E-state index contributed by atoms with van der Waals surface area (Å²) in [5.74, 6) is 1.42. The molecule has 1 fully saturated rings. The molecule has 134 valence electrons. The summed E-state index contributed by atoms with van der Waals surface area (Å²) < 4.78 is 0. The van der Waals surface area contributed by atoms with Crippen LogP contribution in [0.15, 0.2) is 24.3 Å². The zero-order valence-electron chi connectivity index (χ0n) is 16.3. The number of hydrogen-bond acceptors (Lipinski definition) is 2. The van der Waals surface area contributed by atoms with Gasteiger partial charge >= 0.3 is 0 Å². The van der Waals surface area contributed by atoms with Gasteiger partial charge in [-0.25, -0.2) is 0 Å². The standard InChI is InChI=1S/C22H35NO/c1-17(2)21(24)8-6-7-18-13-15-23(16-14-18)20-11-9-19(10-12-20)22(3,4)5/h9-12,17-18H,6-8,13-16H2,1-5H3. The highest BCUT2D eigenvalue weighted by atomic mass is 16.1. The van der Waals surface area contributed by atoms with Crippen molar-refractivity contribution >= 4 is 11.5 Å². The molecule has 0 unspecified atom stereocenters. The second-order valence-electron chi connectivity index (χ2n) is 8.74. The summed E-state index contributed by atoms with van der Waals surface area (Å²) in [6, 6.07) is 9.11. The Morgan fingerprint density at radius 2 is 1.71 bits per heavy atom. The number of carbonyl (C=O) groups is 1. The molecule has 0 spiro atoms. The van der Waals surface area contributed by atoms with Gasteiger partial charge in [-0.3, -0.25) is 4.79 Å². The van der Waals surface area contributed by atoms with E-state index in [1.807, 2.05) is 13.8 Å². The highest BCUT2D eigenvalue weighted by Crippen LogP contribution is 2.29. The maximum absolute atomic E-state index is 11.7. The predicted molar refractivity (Wildman–Crippen MR) is 104 cm³/mol. The van der Waals surface area contributed by atoms with Gasteiger partial charge in [-0.1, -0.05) is 46.8 Å². The van der Waals surface area contributed by atoms with E-state index in [2.05, 4.69) is 49.9 Å². The SMILES string of the molecule is CC(C)C(=O)CCCC1CCN(c2ccc(C(C)(C)C)cc2)CC1. The summed E-state index contributed by atoms with van der Waals surface area (Å²) in [7, 11) is 0. The van der Waals surface area contributed by atoms with Crippen molar-refractivity contribution in [3.63, 3.8) is 0 Å². The smallest absolute Gasteiger partial charge is 0.135 e. The minimum Gasteiger partial charge on any atom is -0.372 e. The van der Waals surface area contributed by atoms with Crippen molar-refractivity contribution in [1.82, 2.24) is 0 Å². The zero-order chi connectivity index (χ0) is 17.7. The molecule has 1 aliphatic rings. The molecule has 0 radical (unpaired) electrons. The Balaban J connectivity index is 1.77. The number of nitrogens with zero attached hydrogens (tertiary/aromatic N) is 1. The average Bonchev–Trinajstić information content (AvgIpc) is 2.54. The topological polar surface area (TPSA) is 20.3 Å². The van der Waals surface area contributed by atoms with Gasteiger partial charge in [0.1, 0.15) is 5.78 Å². The normalized spacial score (nSPS) is 16.7. The fourth-order valence-electron chi connectivity index (χ4n) is 3.51. The summed E-state index contributed by atoms with van der Waals surface area (Å²) in [6.07, 6.45) is 5.58. The Morgan fingerprint density at radius 3 is 2.21 bits per heavy atom. The summed E-state index contributed by atoms with van der Waals surface area (Å²) in [4.78, 5) is 14.2. The summed E-state index contributed by atoms with van der Waals surface area (Å²) in [6.45, 7) is 13.1. The lowest BCUT2D eigenvalue weighted by atomic mass is 9.87. The number of benzene rings is 1. The number of anilines is 1. The number of piperidine rings is 1. The Bertz CT molecular complexity index is 516. The molecule has 2 rings (SSSR count). The second-order valence-corrected chi connectivity index (χ2v) is 8.74. The van der Waals surface area contributed by atoms with Crippen molar-refractivity contribution in [3.05, 3.63) is 29.8 Å². The summed E-state index contributed by atoms with van der Waals surface area (Å²) >= 11 is 0. The highest BCUT2D eigenvalue weighted by Gasteiger charge is 2.20. The van der Waals surface area contributed by atoms with Gasteiger partial charge in [-0.2, -0.15) is 0 Å². The highest BCUT2D eigenvalue weighted by molar-refractivity contribution is 5.80. The van der Waals surface area contributed by atoms with Gasteiger partial charge in [0, 0.05) is 31.1 Å². The fourth-order valence-corrected chi connectivity index (χ4v) is 3.51. The molecular weight excluding hydrogens is 294 g/mol. The number of carbonyl (C=O) groups excluding carboxylic acids is 1. The molecule has 1 aromatic carbocycles. The van der Waals surface area contributed by atoms with Crippen molar-refractivity contribution in [1.29, 1.82) is 0 Å². The molecule has 0 aromatic heterocycles. The first-order valence-electron chi connectivity index (χ1n) is 9.65. The van der Waals surface area contributed by atoms with Crippen LogP contribution in [0.3, 0.4) is 0 Å². The van der Waals surface area contributed by atoms with Crippen LogP contribution in [0.5, 0.6) is 0 Å². The lowest BCUT2D eigenvalue weighted by molar-refractivity contribution is -0.122. The van der Waals surface area contributed by atoms with Crippen LogP contribution in [0.2, 0.25) is 0 Å². The summed E-state index contributed by atoms with van der Waals surface area (Å²) in [5.41, 5.74) is 2.98. The Labute approximate surface area is 148 Å². The van der Waals surface area contributed by atoms with Crippen LogP contribution in [-0.2, 0) is 10.2 Å². The lowest BCUT2D eigenvalue weighted by Crippen LogP contribution is -2.33. The molecule has 24 heavy (non-hydrogen) atoms. The van der Waals surface area contributed by atoms with E-state index in [1.165, 1.54) is 30.5 Å². The third-order valence-electron chi connectivity index (χ3n) is 5.39. The van der Waals surface area contributed by atoms with Crippen molar-refractivity contribution in [2.24, 2.45) is 11.8 Å². The van der Waals surface area contributed by atoms with Crippen molar-refractivity contribution in [2.75, 3.05) is 18.0 Å². The van der Waals surface area contributed by atoms with E-state index in [-0.39, 0.29) is 11.3 Å². The van der Waals surface area contributed by atoms with E-state index in [4.69, 9.17) is 0 Å². The molecule has 0 bridgehead atoms. The van der Waals surface area contributed by atoms with Gasteiger partial charge in [0.2, 0.25) is 0 Å². The third-order valence-corrected chi connectivity index (χ3v) is 5.39. The second kappa shape index (κ2) is 8.18. The first-order valence-corrected chi connectivity index (χ1v) is 9.65. The van der Waals surface area contributed by atoms with E-state index in [0.29, 0.717) is 5.78 Å². The fraction of sp³-hybridized carbons (Fsp3) is 0.682. The van der Waals surface area contributed by atoms with Gasteiger partial charge in [0.25, 0.3) is 0 Å². The van der Waals surface area contributed by atoms with Crippen LogP contribution in [0.1, 0.15) is 72.3 Å². The lowest BCUT2D eigenvalue weighted by Gasteiger charge is -2.34. The molecule has 0 amide bonds. The zero-order valence-corrected chi connectivity index (χ0v) is 16.3. The van der Waals surface area contributed by atoms with E-state index < -0.39 is 0 Å². The van der Waals surface area contributed by atoms with Gasteiger partial charge < -0.3 is 4.90 Å². The molecule has 2 nitrogen and oxygen atoms in total.